The van der Waals surface area contributed by atoms with E-state index in [0.29, 0.717) is 24.3 Å². The van der Waals surface area contributed by atoms with Crippen LogP contribution in [-0.4, -0.2) is 57.4 Å². The van der Waals surface area contributed by atoms with Crippen molar-refractivity contribution in [2.45, 2.75) is 63.9 Å². The van der Waals surface area contributed by atoms with E-state index in [1.54, 1.807) is 36.4 Å². The first kappa shape index (κ1) is 31.7. The third-order valence-corrected chi connectivity index (χ3v) is 8.89. The zero-order valence-electron chi connectivity index (χ0n) is 24.5. The number of aryl methyl sites for hydroxylation is 1. The molecule has 0 saturated heterocycles. The molecular formula is C32H41N3O5S. The molecule has 0 radical (unpaired) electrons. The first-order chi connectivity index (χ1) is 19.6. The lowest BCUT2D eigenvalue weighted by Crippen LogP contribution is -2.54. The number of amides is 2. The van der Waals surface area contributed by atoms with Crippen LogP contribution in [0.2, 0.25) is 0 Å². The van der Waals surface area contributed by atoms with Gasteiger partial charge in [-0.25, -0.2) is 8.42 Å². The van der Waals surface area contributed by atoms with Crippen LogP contribution in [0.15, 0.2) is 83.8 Å². The Morgan fingerprint density at radius 3 is 2.22 bits per heavy atom. The van der Waals surface area contributed by atoms with Gasteiger partial charge in [0.2, 0.25) is 11.8 Å². The summed E-state index contributed by atoms with van der Waals surface area (Å²) in [6.45, 7) is 7.40. The van der Waals surface area contributed by atoms with Crippen LogP contribution in [0, 0.1) is 6.92 Å². The quantitative estimate of drug-likeness (QED) is 0.291. The van der Waals surface area contributed by atoms with E-state index in [0.717, 1.165) is 21.9 Å². The normalized spacial score (nSPS) is 12.7. The predicted octanol–water partition coefficient (Wildman–Crippen LogP) is 4.96. The van der Waals surface area contributed by atoms with E-state index in [1.165, 1.54) is 24.1 Å². The third kappa shape index (κ3) is 8.33. The first-order valence-electron chi connectivity index (χ1n) is 14.0. The number of methoxy groups -OCH3 is 1. The number of carbonyl (C=O) groups excluding carboxylic acids is 2. The first-order valence-corrected chi connectivity index (χ1v) is 15.4. The molecule has 9 heteroatoms. The molecule has 0 unspecified atom stereocenters. The molecule has 41 heavy (non-hydrogen) atoms. The standard InChI is InChI=1S/C32H41N3O5S/c1-6-25(4)33-32(37)30(7-2)34(21-20-26-12-9-8-10-13-26)31(36)23-35(27-14-11-15-28(22-27)40-5)41(38,39)29-18-16-24(3)17-19-29/h8-19,22,25,30H,6-7,20-21,23H2,1-5H3,(H,33,37)/t25-,30-/m0/s1. The fraction of sp³-hybridized carbons (Fsp3) is 0.375. The minimum absolute atomic E-state index is 0.0576. The largest absolute Gasteiger partial charge is 0.497 e. The molecule has 0 bridgehead atoms. The molecule has 0 fully saturated rings. The van der Waals surface area contributed by atoms with Gasteiger partial charge < -0.3 is 15.0 Å². The zero-order chi connectivity index (χ0) is 30.0. The summed E-state index contributed by atoms with van der Waals surface area (Å²) in [6.07, 6.45) is 1.65. The average molecular weight is 580 g/mol. The highest BCUT2D eigenvalue weighted by atomic mass is 32.2. The van der Waals surface area contributed by atoms with Crippen molar-refractivity contribution in [2.24, 2.45) is 0 Å². The van der Waals surface area contributed by atoms with Crippen molar-refractivity contribution in [2.75, 3.05) is 24.5 Å². The molecule has 2 amide bonds. The number of nitrogens with one attached hydrogen (secondary N) is 1. The van der Waals surface area contributed by atoms with Crippen LogP contribution in [0.5, 0.6) is 5.75 Å². The summed E-state index contributed by atoms with van der Waals surface area (Å²) in [5.74, 6) is -0.262. The molecule has 0 aromatic heterocycles. The van der Waals surface area contributed by atoms with Gasteiger partial charge in [0.1, 0.15) is 18.3 Å². The van der Waals surface area contributed by atoms with Crippen molar-refractivity contribution in [3.05, 3.63) is 90.0 Å². The summed E-state index contributed by atoms with van der Waals surface area (Å²) in [6, 6.07) is 22.0. The Bertz CT molecular complexity index is 1390. The molecule has 3 rings (SSSR count). The number of hydrogen-bond acceptors (Lipinski definition) is 5. The predicted molar refractivity (Wildman–Crippen MR) is 163 cm³/mol. The minimum atomic E-state index is -4.14. The van der Waals surface area contributed by atoms with Crippen LogP contribution in [0.3, 0.4) is 0 Å². The van der Waals surface area contributed by atoms with Gasteiger partial charge >= 0.3 is 0 Å². The summed E-state index contributed by atoms with van der Waals surface area (Å²) >= 11 is 0. The topological polar surface area (TPSA) is 96.0 Å². The number of nitrogens with zero attached hydrogens (tertiary/aromatic N) is 2. The number of sulfonamides is 1. The molecule has 8 nitrogen and oxygen atoms in total. The molecule has 0 saturated carbocycles. The van der Waals surface area contributed by atoms with Crippen LogP contribution in [0.25, 0.3) is 0 Å². The summed E-state index contributed by atoms with van der Waals surface area (Å²) < 4.78 is 34.4. The van der Waals surface area contributed by atoms with Crippen LogP contribution < -0.4 is 14.4 Å². The Morgan fingerprint density at radius 1 is 0.927 bits per heavy atom. The number of hydrogen-bond donors (Lipinski definition) is 1. The summed E-state index contributed by atoms with van der Waals surface area (Å²) in [5.41, 5.74) is 2.22. The maximum atomic E-state index is 14.1. The Labute approximate surface area is 244 Å². The summed E-state index contributed by atoms with van der Waals surface area (Å²) in [5, 5.41) is 2.99. The monoisotopic (exact) mass is 579 g/mol. The molecule has 1 N–H and O–H groups in total. The molecule has 2 atom stereocenters. The number of rotatable bonds is 14. The summed E-state index contributed by atoms with van der Waals surface area (Å²) in [7, 11) is -2.64. The third-order valence-electron chi connectivity index (χ3n) is 7.10. The van der Waals surface area contributed by atoms with Gasteiger partial charge in [-0.2, -0.15) is 0 Å². The second-order valence-electron chi connectivity index (χ2n) is 10.1. The molecule has 0 spiro atoms. The van der Waals surface area contributed by atoms with E-state index in [2.05, 4.69) is 5.32 Å². The molecule has 220 valence electrons. The van der Waals surface area contributed by atoms with E-state index < -0.39 is 28.5 Å². The van der Waals surface area contributed by atoms with E-state index >= 15 is 0 Å². The van der Waals surface area contributed by atoms with Gasteiger partial charge in [0.05, 0.1) is 17.7 Å². The number of ether oxygens (including phenoxy) is 1. The molecule has 0 aliphatic carbocycles. The lowest BCUT2D eigenvalue weighted by atomic mass is 10.1. The SMILES string of the molecule is CC[C@H](C)NC(=O)[C@H](CC)N(CCc1ccccc1)C(=O)CN(c1cccc(OC)c1)S(=O)(=O)c1ccc(C)cc1. The van der Waals surface area contributed by atoms with Crippen LogP contribution in [-0.2, 0) is 26.0 Å². The van der Waals surface area contributed by atoms with E-state index in [-0.39, 0.29) is 23.4 Å². The van der Waals surface area contributed by atoms with Crippen LogP contribution in [0.1, 0.15) is 44.7 Å². The lowest BCUT2D eigenvalue weighted by molar-refractivity contribution is -0.139. The second-order valence-corrected chi connectivity index (χ2v) is 12.0. The van der Waals surface area contributed by atoms with Gasteiger partial charge in [-0.05, 0) is 62.9 Å². The fourth-order valence-corrected chi connectivity index (χ4v) is 5.87. The molecular weight excluding hydrogens is 538 g/mol. The highest BCUT2D eigenvalue weighted by Crippen LogP contribution is 2.28. The van der Waals surface area contributed by atoms with Crippen molar-refractivity contribution in [3.8, 4) is 5.75 Å². The van der Waals surface area contributed by atoms with Crippen molar-refractivity contribution >= 4 is 27.5 Å². The average Bonchev–Trinajstić information content (AvgIpc) is 2.98. The van der Waals surface area contributed by atoms with E-state index in [9.17, 15) is 18.0 Å². The maximum absolute atomic E-state index is 14.1. The van der Waals surface area contributed by atoms with Crippen LogP contribution in [0.4, 0.5) is 5.69 Å². The van der Waals surface area contributed by atoms with Crippen molar-refractivity contribution in [3.63, 3.8) is 0 Å². The van der Waals surface area contributed by atoms with Crippen molar-refractivity contribution in [1.29, 1.82) is 0 Å². The molecule has 0 aliphatic rings. The van der Waals surface area contributed by atoms with Gasteiger partial charge in [-0.1, -0.05) is 67.9 Å². The number of benzene rings is 3. The summed E-state index contributed by atoms with van der Waals surface area (Å²) in [4.78, 5) is 29.0. The molecule has 3 aromatic rings. The van der Waals surface area contributed by atoms with Gasteiger partial charge in [-0.3, -0.25) is 13.9 Å². The molecule has 0 heterocycles. The van der Waals surface area contributed by atoms with Gasteiger partial charge in [0.25, 0.3) is 10.0 Å². The second kappa shape index (κ2) is 14.7. The number of carbonyl (C=O) groups is 2. The zero-order valence-corrected chi connectivity index (χ0v) is 25.4. The highest BCUT2D eigenvalue weighted by molar-refractivity contribution is 7.92. The van der Waals surface area contributed by atoms with Gasteiger partial charge in [0, 0.05) is 18.7 Å². The maximum Gasteiger partial charge on any atom is 0.264 e. The van der Waals surface area contributed by atoms with E-state index in [1.807, 2.05) is 58.0 Å². The molecule has 3 aromatic carbocycles. The van der Waals surface area contributed by atoms with Crippen LogP contribution >= 0.6 is 0 Å². The minimum Gasteiger partial charge on any atom is -0.497 e. The van der Waals surface area contributed by atoms with Crippen molar-refractivity contribution in [1.82, 2.24) is 10.2 Å². The van der Waals surface area contributed by atoms with Gasteiger partial charge in [-0.15, -0.1) is 0 Å². The molecule has 0 aliphatic heterocycles. The van der Waals surface area contributed by atoms with Crippen molar-refractivity contribution < 1.29 is 22.7 Å². The fourth-order valence-electron chi connectivity index (χ4n) is 4.47. The van der Waals surface area contributed by atoms with E-state index in [4.69, 9.17) is 4.74 Å². The number of anilines is 1. The Morgan fingerprint density at radius 2 is 1.61 bits per heavy atom. The lowest BCUT2D eigenvalue weighted by Gasteiger charge is -2.33. The highest BCUT2D eigenvalue weighted by Gasteiger charge is 2.33. The Balaban J connectivity index is 2.03. The Kier molecular flexibility index (Phi) is 11.3. The smallest absolute Gasteiger partial charge is 0.264 e. The van der Waals surface area contributed by atoms with Gasteiger partial charge in [0.15, 0.2) is 0 Å². The Hall–Kier alpha value is -3.85.